The maximum Gasteiger partial charge on any atom is 0.0801 e. The Morgan fingerprint density at radius 2 is 2.14 bits per heavy atom. The average molecular weight is 188 g/mol. The van der Waals surface area contributed by atoms with E-state index in [9.17, 15) is 5.11 Å². The van der Waals surface area contributed by atoms with Crippen molar-refractivity contribution in [2.45, 2.75) is 32.3 Å². The van der Waals surface area contributed by atoms with Crippen molar-refractivity contribution in [2.75, 3.05) is 0 Å². The summed E-state index contributed by atoms with van der Waals surface area (Å²) in [6, 6.07) is 7.97. The minimum Gasteiger partial charge on any atom is -0.388 e. The predicted octanol–water partition coefficient (Wildman–Crippen LogP) is 2.70. The quantitative estimate of drug-likeness (QED) is 0.720. The summed E-state index contributed by atoms with van der Waals surface area (Å²) in [5.74, 6) is 2.55. The highest BCUT2D eigenvalue weighted by Crippen LogP contribution is 2.22. The Morgan fingerprint density at radius 1 is 1.43 bits per heavy atom. The Morgan fingerprint density at radius 3 is 2.79 bits per heavy atom. The summed E-state index contributed by atoms with van der Waals surface area (Å²) < 4.78 is 0. The number of aliphatic hydroxyl groups is 1. The van der Waals surface area contributed by atoms with Crippen molar-refractivity contribution in [3.63, 3.8) is 0 Å². The number of aryl methyl sites for hydroxylation is 1. The second-order valence-corrected chi connectivity index (χ2v) is 3.31. The summed E-state index contributed by atoms with van der Waals surface area (Å²) >= 11 is 0. The molecule has 74 valence electrons. The number of hydrogen-bond acceptors (Lipinski definition) is 1. The molecule has 0 aliphatic carbocycles. The fourth-order valence-electron chi connectivity index (χ4n) is 1.56. The van der Waals surface area contributed by atoms with Crippen LogP contribution in [0.2, 0.25) is 0 Å². The lowest BCUT2D eigenvalue weighted by Gasteiger charge is -2.13. The third-order valence-corrected chi connectivity index (χ3v) is 2.36. The molecule has 1 aromatic rings. The lowest BCUT2D eigenvalue weighted by atomic mass is 9.98. The van der Waals surface area contributed by atoms with Crippen molar-refractivity contribution in [1.29, 1.82) is 0 Å². The van der Waals surface area contributed by atoms with E-state index in [1.54, 1.807) is 0 Å². The molecule has 1 atom stereocenters. The largest absolute Gasteiger partial charge is 0.388 e. The van der Waals surface area contributed by atoms with Crippen LogP contribution in [-0.2, 0) is 6.42 Å². The molecule has 1 nitrogen and oxygen atoms in total. The maximum atomic E-state index is 9.87. The highest BCUT2D eigenvalue weighted by Gasteiger charge is 2.09. The molecule has 1 unspecified atom stereocenters. The molecule has 0 bridgehead atoms. The van der Waals surface area contributed by atoms with Gasteiger partial charge in [-0.3, -0.25) is 0 Å². The molecule has 1 N–H and O–H groups in total. The Bertz CT molecular complexity index is 322. The molecule has 0 radical (unpaired) electrons. The van der Waals surface area contributed by atoms with Crippen LogP contribution in [-0.4, -0.2) is 5.11 Å². The fraction of sp³-hybridized carbons (Fsp3) is 0.385. The van der Waals surface area contributed by atoms with Crippen LogP contribution in [0.5, 0.6) is 0 Å². The Hall–Kier alpha value is -1.26. The molecule has 0 saturated heterocycles. The highest BCUT2D eigenvalue weighted by atomic mass is 16.3. The first-order valence-corrected chi connectivity index (χ1v) is 4.99. The molecule has 0 amide bonds. The fourth-order valence-corrected chi connectivity index (χ4v) is 1.56. The molecule has 0 heterocycles. The molecule has 1 heteroatoms. The van der Waals surface area contributed by atoms with Crippen LogP contribution < -0.4 is 0 Å². The van der Waals surface area contributed by atoms with E-state index < -0.39 is 6.10 Å². The van der Waals surface area contributed by atoms with Crippen LogP contribution in [0, 0.1) is 12.3 Å². The molecule has 0 aliphatic rings. The molecule has 0 fully saturated rings. The zero-order valence-electron chi connectivity index (χ0n) is 8.53. The second-order valence-electron chi connectivity index (χ2n) is 3.31. The summed E-state index contributed by atoms with van der Waals surface area (Å²) in [5.41, 5.74) is 2.22. The van der Waals surface area contributed by atoms with E-state index in [-0.39, 0.29) is 0 Å². The molecular formula is C13H16O. The summed E-state index contributed by atoms with van der Waals surface area (Å²) in [5, 5.41) is 9.87. The minimum absolute atomic E-state index is 0.415. The van der Waals surface area contributed by atoms with Crippen LogP contribution in [0.3, 0.4) is 0 Å². The van der Waals surface area contributed by atoms with Crippen LogP contribution in [0.15, 0.2) is 24.3 Å². The van der Waals surface area contributed by atoms with Gasteiger partial charge in [-0.15, -0.1) is 12.3 Å². The van der Waals surface area contributed by atoms with Crippen molar-refractivity contribution >= 4 is 0 Å². The smallest absolute Gasteiger partial charge is 0.0801 e. The molecule has 0 aromatic heterocycles. The number of rotatable bonds is 4. The van der Waals surface area contributed by atoms with Gasteiger partial charge in [-0.1, -0.05) is 31.2 Å². The van der Waals surface area contributed by atoms with Gasteiger partial charge in [0.2, 0.25) is 0 Å². The molecule has 1 aromatic carbocycles. The maximum absolute atomic E-state index is 9.87. The molecule has 0 saturated carbocycles. The van der Waals surface area contributed by atoms with E-state index in [1.165, 1.54) is 5.56 Å². The van der Waals surface area contributed by atoms with Gasteiger partial charge in [-0.25, -0.2) is 0 Å². The lowest BCUT2D eigenvalue weighted by Crippen LogP contribution is -2.01. The van der Waals surface area contributed by atoms with Crippen molar-refractivity contribution in [3.8, 4) is 12.3 Å². The standard InChI is InChI=1S/C13H16O/c1-3-5-10-13(14)12-9-7-6-8-11(12)4-2/h1,6-9,13-14H,4-5,10H2,2H3. The summed E-state index contributed by atoms with van der Waals surface area (Å²) in [6.07, 6.45) is 6.97. The van der Waals surface area contributed by atoms with E-state index in [0.717, 1.165) is 12.0 Å². The zero-order valence-corrected chi connectivity index (χ0v) is 8.53. The van der Waals surface area contributed by atoms with Crippen molar-refractivity contribution in [3.05, 3.63) is 35.4 Å². The van der Waals surface area contributed by atoms with Gasteiger partial charge >= 0.3 is 0 Å². The van der Waals surface area contributed by atoms with Gasteiger partial charge in [-0.05, 0) is 24.0 Å². The number of hydrogen-bond donors (Lipinski definition) is 1. The third-order valence-electron chi connectivity index (χ3n) is 2.36. The Labute approximate surface area is 85.8 Å². The van der Waals surface area contributed by atoms with E-state index >= 15 is 0 Å². The Balaban J connectivity index is 2.78. The number of aliphatic hydroxyl groups excluding tert-OH is 1. The predicted molar refractivity (Wildman–Crippen MR) is 58.8 cm³/mol. The van der Waals surface area contributed by atoms with Crippen LogP contribution in [0.4, 0.5) is 0 Å². The van der Waals surface area contributed by atoms with E-state index in [2.05, 4.69) is 18.9 Å². The van der Waals surface area contributed by atoms with E-state index in [4.69, 9.17) is 6.42 Å². The highest BCUT2D eigenvalue weighted by molar-refractivity contribution is 5.29. The van der Waals surface area contributed by atoms with Gasteiger partial charge in [0.05, 0.1) is 6.10 Å². The molecule has 1 rings (SSSR count). The molecule has 0 aliphatic heterocycles. The summed E-state index contributed by atoms with van der Waals surface area (Å²) in [4.78, 5) is 0. The first-order chi connectivity index (χ1) is 6.79. The summed E-state index contributed by atoms with van der Waals surface area (Å²) in [6.45, 7) is 2.09. The minimum atomic E-state index is -0.415. The van der Waals surface area contributed by atoms with E-state index in [0.29, 0.717) is 12.8 Å². The first-order valence-electron chi connectivity index (χ1n) is 4.99. The Kier molecular flexibility index (Phi) is 4.22. The van der Waals surface area contributed by atoms with Gasteiger partial charge in [0.1, 0.15) is 0 Å². The first kappa shape index (κ1) is 10.8. The van der Waals surface area contributed by atoms with Crippen LogP contribution >= 0.6 is 0 Å². The van der Waals surface area contributed by atoms with Gasteiger partial charge < -0.3 is 5.11 Å². The molecule has 0 spiro atoms. The van der Waals surface area contributed by atoms with Gasteiger partial charge in [0, 0.05) is 6.42 Å². The lowest BCUT2D eigenvalue weighted by molar-refractivity contribution is 0.168. The van der Waals surface area contributed by atoms with Crippen LogP contribution in [0.1, 0.15) is 37.0 Å². The molecule has 14 heavy (non-hydrogen) atoms. The second kappa shape index (κ2) is 5.47. The topological polar surface area (TPSA) is 20.2 Å². The summed E-state index contributed by atoms with van der Waals surface area (Å²) in [7, 11) is 0. The van der Waals surface area contributed by atoms with Gasteiger partial charge in [0.15, 0.2) is 0 Å². The van der Waals surface area contributed by atoms with Gasteiger partial charge in [0.25, 0.3) is 0 Å². The van der Waals surface area contributed by atoms with Crippen molar-refractivity contribution < 1.29 is 5.11 Å². The third kappa shape index (κ3) is 2.61. The normalized spacial score (nSPS) is 12.1. The monoisotopic (exact) mass is 188 g/mol. The van der Waals surface area contributed by atoms with Gasteiger partial charge in [-0.2, -0.15) is 0 Å². The number of benzene rings is 1. The van der Waals surface area contributed by atoms with Crippen LogP contribution in [0.25, 0.3) is 0 Å². The molecular weight excluding hydrogens is 172 g/mol. The number of terminal acetylenes is 1. The van der Waals surface area contributed by atoms with E-state index in [1.807, 2.05) is 18.2 Å². The zero-order chi connectivity index (χ0) is 10.4. The SMILES string of the molecule is C#CCCC(O)c1ccccc1CC. The van der Waals surface area contributed by atoms with Crippen molar-refractivity contribution in [2.24, 2.45) is 0 Å². The van der Waals surface area contributed by atoms with Crippen molar-refractivity contribution in [1.82, 2.24) is 0 Å². The average Bonchev–Trinajstić information content (AvgIpc) is 2.25.